The summed E-state index contributed by atoms with van der Waals surface area (Å²) in [7, 11) is 0. The molecule has 0 aliphatic carbocycles. The number of aromatic nitrogens is 1. The lowest BCUT2D eigenvalue weighted by molar-refractivity contribution is 0.566. The molecule has 15 heavy (non-hydrogen) atoms. The first-order valence-electron chi connectivity index (χ1n) is 4.91. The molecule has 1 aromatic rings. The lowest BCUT2D eigenvalue weighted by Gasteiger charge is -2.13. The molecule has 2 heterocycles. The van der Waals surface area contributed by atoms with Gasteiger partial charge in [0.2, 0.25) is 5.95 Å². The second kappa shape index (κ2) is 4.29. The van der Waals surface area contributed by atoms with E-state index in [1.807, 2.05) is 6.08 Å². The van der Waals surface area contributed by atoms with Crippen LogP contribution in [-0.4, -0.2) is 11.0 Å². The van der Waals surface area contributed by atoms with Gasteiger partial charge in [-0.2, -0.15) is 4.39 Å². The molecular weight excluding hydrogens is 215 g/mol. The molecule has 0 bridgehead atoms. The van der Waals surface area contributed by atoms with Gasteiger partial charge in [-0.1, -0.05) is 17.7 Å². The van der Waals surface area contributed by atoms with E-state index >= 15 is 0 Å². The van der Waals surface area contributed by atoms with Gasteiger partial charge >= 0.3 is 0 Å². The summed E-state index contributed by atoms with van der Waals surface area (Å²) in [4.78, 5) is 3.50. The standard InChI is InChI=1S/C11H12ClFN2/c1-2-7-3-4-9(15-7)8-5-6-14-11(13)10(8)12/h2,5-7,9,15H,1,3-4H2. The molecule has 2 atom stereocenters. The van der Waals surface area contributed by atoms with Gasteiger partial charge in [-0.3, -0.25) is 0 Å². The fourth-order valence-electron chi connectivity index (χ4n) is 1.90. The topological polar surface area (TPSA) is 24.9 Å². The molecule has 2 unspecified atom stereocenters. The zero-order valence-electron chi connectivity index (χ0n) is 8.21. The lowest BCUT2D eigenvalue weighted by atomic mass is 10.1. The summed E-state index contributed by atoms with van der Waals surface area (Å²) < 4.78 is 13.1. The highest BCUT2D eigenvalue weighted by Gasteiger charge is 2.25. The fraction of sp³-hybridized carbons (Fsp3) is 0.364. The zero-order chi connectivity index (χ0) is 10.8. The van der Waals surface area contributed by atoms with E-state index in [1.54, 1.807) is 6.07 Å². The van der Waals surface area contributed by atoms with Crippen LogP contribution in [0.4, 0.5) is 4.39 Å². The summed E-state index contributed by atoms with van der Waals surface area (Å²) in [5.41, 5.74) is 0.786. The number of pyridine rings is 1. The molecular formula is C11H12ClFN2. The van der Waals surface area contributed by atoms with E-state index in [-0.39, 0.29) is 11.1 Å². The van der Waals surface area contributed by atoms with Gasteiger partial charge in [0, 0.05) is 18.3 Å². The third-order valence-electron chi connectivity index (χ3n) is 2.72. The maximum Gasteiger partial charge on any atom is 0.231 e. The molecule has 1 aromatic heterocycles. The van der Waals surface area contributed by atoms with E-state index < -0.39 is 5.95 Å². The average molecular weight is 227 g/mol. The van der Waals surface area contributed by atoms with Crippen molar-refractivity contribution in [3.63, 3.8) is 0 Å². The van der Waals surface area contributed by atoms with E-state index in [0.29, 0.717) is 6.04 Å². The largest absolute Gasteiger partial charge is 0.304 e. The second-order valence-electron chi connectivity index (χ2n) is 3.64. The van der Waals surface area contributed by atoms with E-state index in [2.05, 4.69) is 16.9 Å². The van der Waals surface area contributed by atoms with Gasteiger partial charge in [0.1, 0.15) is 5.02 Å². The van der Waals surface area contributed by atoms with Crippen LogP contribution in [0.25, 0.3) is 0 Å². The SMILES string of the molecule is C=CC1CCC(c2ccnc(F)c2Cl)N1. The van der Waals surface area contributed by atoms with Crippen molar-refractivity contribution in [3.05, 3.63) is 41.5 Å². The van der Waals surface area contributed by atoms with Gasteiger partial charge in [-0.25, -0.2) is 4.98 Å². The fourth-order valence-corrected chi connectivity index (χ4v) is 2.15. The van der Waals surface area contributed by atoms with E-state index in [0.717, 1.165) is 18.4 Å². The van der Waals surface area contributed by atoms with Gasteiger partial charge < -0.3 is 5.32 Å². The van der Waals surface area contributed by atoms with Crippen LogP contribution in [0.15, 0.2) is 24.9 Å². The summed E-state index contributed by atoms with van der Waals surface area (Å²) in [5, 5.41) is 3.45. The molecule has 1 aliphatic heterocycles. The van der Waals surface area contributed by atoms with Crippen molar-refractivity contribution in [2.75, 3.05) is 0 Å². The highest BCUT2D eigenvalue weighted by molar-refractivity contribution is 6.31. The number of nitrogens with zero attached hydrogens (tertiary/aromatic N) is 1. The smallest absolute Gasteiger partial charge is 0.231 e. The quantitative estimate of drug-likeness (QED) is 0.620. The Labute approximate surface area is 93.2 Å². The summed E-state index contributed by atoms with van der Waals surface area (Å²) >= 11 is 5.86. The molecule has 1 aliphatic rings. The van der Waals surface area contributed by atoms with Crippen LogP contribution in [0.1, 0.15) is 24.4 Å². The second-order valence-corrected chi connectivity index (χ2v) is 4.02. The Morgan fingerprint density at radius 1 is 1.60 bits per heavy atom. The number of hydrogen-bond acceptors (Lipinski definition) is 2. The van der Waals surface area contributed by atoms with Crippen molar-refractivity contribution in [2.45, 2.75) is 24.9 Å². The van der Waals surface area contributed by atoms with Crippen molar-refractivity contribution in [1.29, 1.82) is 0 Å². The molecule has 4 heteroatoms. The lowest BCUT2D eigenvalue weighted by Crippen LogP contribution is -2.22. The Bertz CT molecular complexity index is 381. The first-order chi connectivity index (χ1) is 7.22. The summed E-state index contributed by atoms with van der Waals surface area (Å²) in [6.07, 6.45) is 5.26. The minimum absolute atomic E-state index is 0.109. The third-order valence-corrected chi connectivity index (χ3v) is 3.09. The minimum atomic E-state index is -0.599. The summed E-state index contributed by atoms with van der Waals surface area (Å²) in [6.45, 7) is 3.73. The molecule has 1 saturated heterocycles. The normalized spacial score (nSPS) is 25.5. The first-order valence-corrected chi connectivity index (χ1v) is 5.28. The van der Waals surface area contributed by atoms with E-state index in [1.165, 1.54) is 6.20 Å². The molecule has 1 N–H and O–H groups in total. The van der Waals surface area contributed by atoms with Gasteiger partial charge in [0.25, 0.3) is 0 Å². The van der Waals surface area contributed by atoms with Crippen molar-refractivity contribution < 1.29 is 4.39 Å². The van der Waals surface area contributed by atoms with Gasteiger partial charge in [-0.15, -0.1) is 6.58 Å². The highest BCUT2D eigenvalue weighted by atomic mass is 35.5. The monoisotopic (exact) mass is 226 g/mol. The Balaban J connectivity index is 2.24. The van der Waals surface area contributed by atoms with Crippen molar-refractivity contribution >= 4 is 11.6 Å². The van der Waals surface area contributed by atoms with Crippen molar-refractivity contribution in [1.82, 2.24) is 10.3 Å². The Morgan fingerprint density at radius 3 is 3.07 bits per heavy atom. The van der Waals surface area contributed by atoms with Crippen LogP contribution in [0.3, 0.4) is 0 Å². The van der Waals surface area contributed by atoms with Crippen LogP contribution >= 0.6 is 11.6 Å². The summed E-state index contributed by atoms with van der Waals surface area (Å²) in [5.74, 6) is -0.599. The highest BCUT2D eigenvalue weighted by Crippen LogP contribution is 2.31. The Kier molecular flexibility index (Phi) is 3.03. The molecule has 0 spiro atoms. The van der Waals surface area contributed by atoms with Crippen molar-refractivity contribution in [2.24, 2.45) is 0 Å². The maximum atomic E-state index is 13.1. The molecule has 0 aromatic carbocycles. The average Bonchev–Trinajstić information content (AvgIpc) is 2.70. The van der Waals surface area contributed by atoms with Crippen LogP contribution in [-0.2, 0) is 0 Å². The Hall–Kier alpha value is -0.930. The van der Waals surface area contributed by atoms with Crippen LogP contribution in [0, 0.1) is 5.95 Å². The molecule has 1 fully saturated rings. The molecule has 0 saturated carbocycles. The number of rotatable bonds is 2. The molecule has 80 valence electrons. The number of hydrogen-bond donors (Lipinski definition) is 1. The third kappa shape index (κ3) is 2.03. The number of nitrogens with one attached hydrogen (secondary N) is 1. The van der Waals surface area contributed by atoms with Crippen molar-refractivity contribution in [3.8, 4) is 0 Å². The maximum absolute atomic E-state index is 13.1. The van der Waals surface area contributed by atoms with Crippen LogP contribution in [0.2, 0.25) is 5.02 Å². The van der Waals surface area contributed by atoms with Gasteiger partial charge in [0.05, 0.1) is 0 Å². The first kappa shape index (κ1) is 10.6. The van der Waals surface area contributed by atoms with Gasteiger partial charge in [-0.05, 0) is 24.5 Å². The molecule has 2 nitrogen and oxygen atoms in total. The molecule has 2 rings (SSSR count). The van der Waals surface area contributed by atoms with E-state index in [4.69, 9.17) is 11.6 Å². The molecule has 0 amide bonds. The Morgan fingerprint density at radius 2 is 2.40 bits per heavy atom. The zero-order valence-corrected chi connectivity index (χ0v) is 8.97. The van der Waals surface area contributed by atoms with Gasteiger partial charge in [0.15, 0.2) is 0 Å². The molecule has 0 radical (unpaired) electrons. The van der Waals surface area contributed by atoms with Crippen LogP contribution < -0.4 is 5.32 Å². The predicted molar refractivity (Wildman–Crippen MR) is 58.3 cm³/mol. The van der Waals surface area contributed by atoms with E-state index in [9.17, 15) is 4.39 Å². The minimum Gasteiger partial charge on any atom is -0.304 e. The summed E-state index contributed by atoms with van der Waals surface area (Å²) in [6, 6.07) is 2.16. The number of halogens is 2. The predicted octanol–water partition coefficient (Wildman–Crippen LogP) is 2.85. The van der Waals surface area contributed by atoms with Crippen LogP contribution in [0.5, 0.6) is 0 Å².